The molecule has 2 aromatic rings. The van der Waals surface area contributed by atoms with Crippen LogP contribution in [0.25, 0.3) is 0 Å². The van der Waals surface area contributed by atoms with Crippen LogP contribution in [0.15, 0.2) is 36.8 Å². The molecule has 0 aliphatic rings. The highest BCUT2D eigenvalue weighted by molar-refractivity contribution is 5.25. The van der Waals surface area contributed by atoms with Crippen molar-refractivity contribution in [3.05, 3.63) is 53.6 Å². The van der Waals surface area contributed by atoms with Gasteiger partial charge in [0, 0.05) is 31.4 Å². The fraction of sp³-hybridized carbons (Fsp3) is 0.308. The van der Waals surface area contributed by atoms with Crippen molar-refractivity contribution in [3.8, 4) is 0 Å². The lowest BCUT2D eigenvalue weighted by molar-refractivity contribution is 0.679. The van der Waals surface area contributed by atoms with E-state index in [1.165, 1.54) is 16.8 Å². The van der Waals surface area contributed by atoms with Crippen molar-refractivity contribution in [2.24, 2.45) is 0 Å². The van der Waals surface area contributed by atoms with Crippen LogP contribution in [0, 0.1) is 6.92 Å². The van der Waals surface area contributed by atoms with Gasteiger partial charge in [0.1, 0.15) is 0 Å². The van der Waals surface area contributed by atoms with Crippen molar-refractivity contribution in [1.82, 2.24) is 15.3 Å². The topological polar surface area (TPSA) is 40.7 Å². The minimum absolute atomic E-state index is 0.931. The Hall–Kier alpha value is -1.61. The zero-order valence-corrected chi connectivity index (χ0v) is 9.53. The highest BCUT2D eigenvalue weighted by atomic mass is 14.9. The van der Waals surface area contributed by atoms with Crippen LogP contribution in [0.4, 0.5) is 0 Å². The van der Waals surface area contributed by atoms with E-state index in [-0.39, 0.29) is 0 Å². The van der Waals surface area contributed by atoms with Gasteiger partial charge in [-0.1, -0.05) is 24.3 Å². The van der Waals surface area contributed by atoms with Gasteiger partial charge in [-0.15, -0.1) is 0 Å². The number of H-pyrrole nitrogens is 1. The zero-order chi connectivity index (χ0) is 11.2. The summed E-state index contributed by atoms with van der Waals surface area (Å²) in [4.78, 5) is 7.09. The zero-order valence-electron chi connectivity index (χ0n) is 9.53. The predicted molar refractivity (Wildman–Crippen MR) is 65.2 cm³/mol. The molecule has 0 aliphatic carbocycles. The van der Waals surface area contributed by atoms with Crippen molar-refractivity contribution in [2.45, 2.75) is 19.9 Å². The number of nitrogens with zero attached hydrogens (tertiary/aromatic N) is 1. The Morgan fingerprint density at radius 2 is 2.19 bits per heavy atom. The first-order valence-electron chi connectivity index (χ1n) is 5.59. The maximum atomic E-state index is 3.99. The molecule has 3 nitrogen and oxygen atoms in total. The number of aromatic amines is 1. The maximum absolute atomic E-state index is 3.99. The largest absolute Gasteiger partial charge is 0.348 e. The molecule has 0 amide bonds. The Kier molecular flexibility index (Phi) is 3.72. The van der Waals surface area contributed by atoms with E-state index in [1.54, 1.807) is 6.33 Å². The number of aromatic nitrogens is 2. The first kappa shape index (κ1) is 10.9. The summed E-state index contributed by atoms with van der Waals surface area (Å²) < 4.78 is 0. The molecule has 0 aliphatic heterocycles. The van der Waals surface area contributed by atoms with E-state index in [0.29, 0.717) is 0 Å². The minimum Gasteiger partial charge on any atom is -0.348 e. The lowest BCUT2D eigenvalue weighted by atomic mass is 10.1. The van der Waals surface area contributed by atoms with Crippen molar-refractivity contribution >= 4 is 0 Å². The van der Waals surface area contributed by atoms with E-state index in [1.807, 2.05) is 6.20 Å². The van der Waals surface area contributed by atoms with Crippen LogP contribution in [0.1, 0.15) is 16.8 Å². The highest BCUT2D eigenvalue weighted by Gasteiger charge is 1.97. The van der Waals surface area contributed by atoms with Crippen molar-refractivity contribution < 1.29 is 0 Å². The third kappa shape index (κ3) is 2.94. The molecule has 2 N–H and O–H groups in total. The van der Waals surface area contributed by atoms with Gasteiger partial charge < -0.3 is 10.3 Å². The number of hydrogen-bond acceptors (Lipinski definition) is 2. The highest BCUT2D eigenvalue weighted by Crippen LogP contribution is 2.05. The summed E-state index contributed by atoms with van der Waals surface area (Å²) in [5.41, 5.74) is 3.89. The molecule has 0 radical (unpaired) electrons. The molecule has 1 heterocycles. The van der Waals surface area contributed by atoms with Gasteiger partial charge in [0.2, 0.25) is 0 Å². The van der Waals surface area contributed by atoms with E-state index < -0.39 is 0 Å². The fourth-order valence-electron chi connectivity index (χ4n) is 1.68. The second kappa shape index (κ2) is 5.47. The lowest BCUT2D eigenvalue weighted by Gasteiger charge is -2.06. The van der Waals surface area contributed by atoms with Gasteiger partial charge in [0.15, 0.2) is 0 Å². The summed E-state index contributed by atoms with van der Waals surface area (Å²) in [6.07, 6.45) is 4.58. The molecule has 0 spiro atoms. The maximum Gasteiger partial charge on any atom is 0.0921 e. The third-order valence-electron chi connectivity index (χ3n) is 2.70. The summed E-state index contributed by atoms with van der Waals surface area (Å²) in [6.45, 7) is 4.04. The molecule has 0 bridgehead atoms. The molecule has 1 aromatic heterocycles. The summed E-state index contributed by atoms with van der Waals surface area (Å²) in [7, 11) is 0. The fourth-order valence-corrected chi connectivity index (χ4v) is 1.68. The number of benzene rings is 1. The van der Waals surface area contributed by atoms with E-state index in [4.69, 9.17) is 0 Å². The lowest BCUT2D eigenvalue weighted by Crippen LogP contribution is -2.17. The Morgan fingerprint density at radius 3 is 2.94 bits per heavy atom. The van der Waals surface area contributed by atoms with Gasteiger partial charge in [0.05, 0.1) is 6.33 Å². The first-order valence-corrected chi connectivity index (χ1v) is 5.59. The summed E-state index contributed by atoms with van der Waals surface area (Å²) in [6, 6.07) is 8.47. The molecule has 0 saturated carbocycles. The van der Waals surface area contributed by atoms with Gasteiger partial charge in [-0.3, -0.25) is 0 Å². The van der Waals surface area contributed by atoms with Gasteiger partial charge in [-0.2, -0.15) is 0 Å². The monoisotopic (exact) mass is 215 g/mol. The number of imidazole rings is 1. The molecule has 0 fully saturated rings. The molecule has 1 aromatic carbocycles. The minimum atomic E-state index is 0.931. The van der Waals surface area contributed by atoms with Crippen LogP contribution in [0.3, 0.4) is 0 Å². The van der Waals surface area contributed by atoms with Gasteiger partial charge in [0.25, 0.3) is 0 Å². The number of hydrogen-bond donors (Lipinski definition) is 2. The molecule has 0 unspecified atom stereocenters. The van der Waals surface area contributed by atoms with Gasteiger partial charge >= 0.3 is 0 Å². The van der Waals surface area contributed by atoms with E-state index in [2.05, 4.69) is 46.5 Å². The molecule has 2 rings (SSSR count). The van der Waals surface area contributed by atoms with Gasteiger partial charge in [-0.05, 0) is 18.1 Å². The summed E-state index contributed by atoms with van der Waals surface area (Å²) in [5, 5.41) is 3.43. The molecule has 0 atom stereocenters. The van der Waals surface area contributed by atoms with Crippen LogP contribution < -0.4 is 5.32 Å². The second-order valence-corrected chi connectivity index (χ2v) is 3.93. The van der Waals surface area contributed by atoms with E-state index >= 15 is 0 Å². The Labute approximate surface area is 95.9 Å². The Balaban J connectivity index is 1.74. The van der Waals surface area contributed by atoms with Crippen molar-refractivity contribution in [1.29, 1.82) is 0 Å². The molecule has 16 heavy (non-hydrogen) atoms. The first-order chi connectivity index (χ1) is 7.86. The molecular formula is C13H17N3. The number of nitrogens with one attached hydrogen (secondary N) is 2. The van der Waals surface area contributed by atoms with Crippen LogP contribution >= 0.6 is 0 Å². The summed E-state index contributed by atoms with van der Waals surface area (Å²) >= 11 is 0. The van der Waals surface area contributed by atoms with Crippen LogP contribution in [-0.4, -0.2) is 16.5 Å². The second-order valence-electron chi connectivity index (χ2n) is 3.93. The average molecular weight is 215 g/mol. The molecular weight excluding hydrogens is 198 g/mol. The normalized spacial score (nSPS) is 10.6. The van der Waals surface area contributed by atoms with Crippen LogP contribution in [-0.2, 0) is 13.0 Å². The van der Waals surface area contributed by atoms with Crippen LogP contribution in [0.2, 0.25) is 0 Å². The van der Waals surface area contributed by atoms with Crippen LogP contribution in [0.5, 0.6) is 0 Å². The Bertz CT molecular complexity index is 421. The SMILES string of the molecule is Cc1ccccc1CNCCc1cnc[nH]1. The van der Waals surface area contributed by atoms with Crippen molar-refractivity contribution in [3.63, 3.8) is 0 Å². The molecule has 84 valence electrons. The molecule has 3 heteroatoms. The quantitative estimate of drug-likeness (QED) is 0.749. The third-order valence-corrected chi connectivity index (χ3v) is 2.70. The smallest absolute Gasteiger partial charge is 0.0921 e. The number of rotatable bonds is 5. The Morgan fingerprint density at radius 1 is 1.31 bits per heavy atom. The summed E-state index contributed by atoms with van der Waals surface area (Å²) in [5.74, 6) is 0. The van der Waals surface area contributed by atoms with E-state index in [9.17, 15) is 0 Å². The van der Waals surface area contributed by atoms with Gasteiger partial charge in [-0.25, -0.2) is 4.98 Å². The van der Waals surface area contributed by atoms with E-state index in [0.717, 1.165) is 19.5 Å². The average Bonchev–Trinajstić information content (AvgIpc) is 2.79. The van der Waals surface area contributed by atoms with Crippen molar-refractivity contribution in [2.75, 3.05) is 6.54 Å². The predicted octanol–water partition coefficient (Wildman–Crippen LogP) is 2.05. The standard InChI is InChI=1S/C13H17N3/c1-11-4-2-3-5-12(11)8-14-7-6-13-9-15-10-16-13/h2-5,9-10,14H,6-8H2,1H3,(H,15,16). The number of aryl methyl sites for hydroxylation is 1. The molecule has 0 saturated heterocycles.